The van der Waals surface area contributed by atoms with Gasteiger partial charge in [0, 0.05) is 10.5 Å². The minimum Gasteiger partial charge on any atom is -0.480 e. The molecule has 24 heavy (non-hydrogen) atoms. The van der Waals surface area contributed by atoms with Crippen LogP contribution in [-0.4, -0.2) is 39.5 Å². The zero-order valence-corrected chi connectivity index (χ0v) is 15.0. The first kappa shape index (κ1) is 16.9. The third kappa shape index (κ3) is 3.29. The highest BCUT2D eigenvalue weighted by Gasteiger charge is 2.39. The van der Waals surface area contributed by atoms with Crippen LogP contribution < -0.4 is 15.6 Å². The molecule has 128 valence electrons. The highest BCUT2D eigenvalue weighted by Crippen LogP contribution is 2.31. The lowest BCUT2D eigenvalue weighted by atomic mass is 9.77. The quantitative estimate of drug-likeness (QED) is 0.810. The molecular formula is C16H18BrN3O4. The number of nitrogens with zero attached hydrogens (tertiary/aromatic N) is 2. The summed E-state index contributed by atoms with van der Waals surface area (Å²) in [5.41, 5.74) is -1.07. The van der Waals surface area contributed by atoms with Gasteiger partial charge in [0.15, 0.2) is 0 Å². The van der Waals surface area contributed by atoms with Crippen LogP contribution in [0.5, 0.6) is 5.88 Å². The summed E-state index contributed by atoms with van der Waals surface area (Å²) in [4.78, 5) is 24.7. The lowest BCUT2D eigenvalue weighted by Gasteiger charge is -2.41. The van der Waals surface area contributed by atoms with E-state index in [4.69, 9.17) is 4.74 Å². The second kappa shape index (κ2) is 6.18. The predicted octanol–water partition coefficient (Wildman–Crippen LogP) is 1.20. The van der Waals surface area contributed by atoms with E-state index in [-0.39, 0.29) is 29.9 Å². The molecule has 7 nitrogen and oxygen atoms in total. The molecule has 2 N–H and O–H groups in total. The van der Waals surface area contributed by atoms with Gasteiger partial charge in [0.2, 0.25) is 11.8 Å². The average molecular weight is 396 g/mol. The fraction of sp³-hybridized carbons (Fsp3) is 0.438. The molecule has 1 fully saturated rings. The number of aliphatic hydroxyl groups is 1. The highest BCUT2D eigenvalue weighted by atomic mass is 79.9. The van der Waals surface area contributed by atoms with Gasteiger partial charge in [-0.25, -0.2) is 4.68 Å². The van der Waals surface area contributed by atoms with Crippen molar-refractivity contribution >= 4 is 32.6 Å². The minimum atomic E-state index is -0.716. The van der Waals surface area contributed by atoms with Crippen molar-refractivity contribution in [2.75, 3.05) is 7.11 Å². The SMILES string of the molecule is COc1nn(CC(=O)N[C@H]2C[C@@](C)(O)C2)c(=O)c2ccc(Br)cc12. The number of carbonyl (C=O) groups excluding carboxylic acids is 1. The summed E-state index contributed by atoms with van der Waals surface area (Å²) in [5.74, 6) is -0.0334. The molecule has 0 unspecified atom stereocenters. The second-order valence-corrected chi connectivity index (χ2v) is 7.25. The topological polar surface area (TPSA) is 93.5 Å². The van der Waals surface area contributed by atoms with Crippen molar-refractivity contribution in [1.29, 1.82) is 0 Å². The molecule has 1 aromatic carbocycles. The van der Waals surface area contributed by atoms with Crippen LogP contribution in [0.2, 0.25) is 0 Å². The van der Waals surface area contributed by atoms with Crippen LogP contribution in [0.3, 0.4) is 0 Å². The Labute approximate surface area is 146 Å². The number of halogens is 1. The molecule has 0 aliphatic heterocycles. The molecule has 0 saturated heterocycles. The van der Waals surface area contributed by atoms with E-state index >= 15 is 0 Å². The zero-order chi connectivity index (χ0) is 17.5. The molecule has 0 spiro atoms. The van der Waals surface area contributed by atoms with Crippen molar-refractivity contribution < 1.29 is 14.6 Å². The molecule has 0 radical (unpaired) electrons. The van der Waals surface area contributed by atoms with Crippen molar-refractivity contribution in [2.24, 2.45) is 0 Å². The van der Waals surface area contributed by atoms with Crippen LogP contribution in [0, 0.1) is 0 Å². The molecular weight excluding hydrogens is 378 g/mol. The average Bonchev–Trinajstić information content (AvgIpc) is 2.48. The van der Waals surface area contributed by atoms with Crippen LogP contribution >= 0.6 is 15.9 Å². The Morgan fingerprint density at radius 1 is 1.50 bits per heavy atom. The minimum absolute atomic E-state index is 0.0680. The number of hydrogen-bond donors (Lipinski definition) is 2. The largest absolute Gasteiger partial charge is 0.480 e. The maximum absolute atomic E-state index is 12.5. The van der Waals surface area contributed by atoms with Gasteiger partial charge in [-0.1, -0.05) is 15.9 Å². The van der Waals surface area contributed by atoms with E-state index in [0.717, 1.165) is 9.15 Å². The van der Waals surface area contributed by atoms with Crippen LogP contribution in [0.25, 0.3) is 10.8 Å². The number of nitrogens with one attached hydrogen (secondary N) is 1. The number of aromatic nitrogens is 2. The molecule has 1 heterocycles. The van der Waals surface area contributed by atoms with Crippen LogP contribution in [-0.2, 0) is 11.3 Å². The first-order valence-corrected chi connectivity index (χ1v) is 8.34. The molecule has 1 aliphatic carbocycles. The fourth-order valence-electron chi connectivity index (χ4n) is 3.00. The number of ether oxygens (including phenoxy) is 1. The Kier molecular flexibility index (Phi) is 4.35. The van der Waals surface area contributed by atoms with E-state index in [0.29, 0.717) is 23.6 Å². The third-order valence-corrected chi connectivity index (χ3v) is 4.61. The summed E-state index contributed by atoms with van der Waals surface area (Å²) in [5, 5.41) is 17.6. The summed E-state index contributed by atoms with van der Waals surface area (Å²) in [6.07, 6.45) is 1.02. The molecule has 1 saturated carbocycles. The fourth-order valence-corrected chi connectivity index (χ4v) is 3.36. The maximum atomic E-state index is 12.5. The Hall–Kier alpha value is -1.93. The summed E-state index contributed by atoms with van der Waals surface area (Å²) in [7, 11) is 1.47. The zero-order valence-electron chi connectivity index (χ0n) is 13.4. The molecule has 8 heteroatoms. The summed E-state index contributed by atoms with van der Waals surface area (Å²) in [6, 6.07) is 5.11. The Morgan fingerprint density at radius 2 is 2.21 bits per heavy atom. The number of rotatable bonds is 4. The molecule has 1 aromatic heterocycles. The van der Waals surface area contributed by atoms with Crippen molar-refractivity contribution in [2.45, 2.75) is 38.0 Å². The van der Waals surface area contributed by atoms with Gasteiger partial charge >= 0.3 is 0 Å². The molecule has 0 atom stereocenters. The molecule has 0 bridgehead atoms. The van der Waals surface area contributed by atoms with Crippen molar-refractivity contribution in [3.8, 4) is 5.88 Å². The normalized spacial score (nSPS) is 22.9. The number of methoxy groups -OCH3 is 1. The Balaban J connectivity index is 1.84. The van der Waals surface area contributed by atoms with Gasteiger partial charge in [0.05, 0.1) is 23.5 Å². The monoisotopic (exact) mass is 395 g/mol. The highest BCUT2D eigenvalue weighted by molar-refractivity contribution is 9.10. The van der Waals surface area contributed by atoms with E-state index in [1.54, 1.807) is 25.1 Å². The van der Waals surface area contributed by atoms with E-state index in [1.165, 1.54) is 7.11 Å². The molecule has 1 amide bonds. The first-order valence-electron chi connectivity index (χ1n) is 7.55. The third-order valence-electron chi connectivity index (χ3n) is 4.11. The van der Waals surface area contributed by atoms with Crippen LogP contribution in [0.15, 0.2) is 27.5 Å². The smallest absolute Gasteiger partial charge is 0.275 e. The van der Waals surface area contributed by atoms with Gasteiger partial charge in [0.1, 0.15) is 6.54 Å². The first-order chi connectivity index (χ1) is 11.3. The summed E-state index contributed by atoms with van der Waals surface area (Å²) in [6.45, 7) is 1.54. The van der Waals surface area contributed by atoms with Crippen LogP contribution in [0.1, 0.15) is 19.8 Å². The Bertz CT molecular complexity index is 854. The number of amides is 1. The van der Waals surface area contributed by atoms with Gasteiger partial charge < -0.3 is 15.2 Å². The van der Waals surface area contributed by atoms with Gasteiger partial charge in [0.25, 0.3) is 5.56 Å². The standard InChI is InChI=1S/C16H18BrN3O4/c1-16(23)6-10(7-16)18-13(21)8-20-15(22)11-4-3-9(17)5-12(11)14(19-20)24-2/h3-5,10,23H,6-8H2,1-2H3,(H,18,21)/t10-,16+. The maximum Gasteiger partial charge on any atom is 0.275 e. The number of carbonyl (C=O) groups is 1. The molecule has 1 aliphatic rings. The van der Waals surface area contributed by atoms with Crippen molar-refractivity contribution in [3.63, 3.8) is 0 Å². The molecule has 3 rings (SSSR count). The van der Waals surface area contributed by atoms with Gasteiger partial charge in [-0.15, -0.1) is 5.10 Å². The summed E-state index contributed by atoms with van der Waals surface area (Å²) >= 11 is 3.35. The Morgan fingerprint density at radius 3 is 2.83 bits per heavy atom. The molecule has 2 aromatic rings. The van der Waals surface area contributed by atoms with Gasteiger partial charge in [-0.05, 0) is 38.0 Å². The van der Waals surface area contributed by atoms with Gasteiger partial charge in [-0.2, -0.15) is 0 Å². The number of benzene rings is 1. The van der Waals surface area contributed by atoms with E-state index in [2.05, 4.69) is 26.3 Å². The van der Waals surface area contributed by atoms with Gasteiger partial charge in [-0.3, -0.25) is 9.59 Å². The predicted molar refractivity (Wildman–Crippen MR) is 92.0 cm³/mol. The van der Waals surface area contributed by atoms with E-state index in [1.807, 2.05) is 0 Å². The number of fused-ring (bicyclic) bond motifs is 1. The second-order valence-electron chi connectivity index (χ2n) is 6.33. The summed E-state index contributed by atoms with van der Waals surface area (Å²) < 4.78 is 7.15. The number of hydrogen-bond acceptors (Lipinski definition) is 5. The lowest BCUT2D eigenvalue weighted by molar-refractivity contribution is -0.125. The van der Waals surface area contributed by atoms with E-state index < -0.39 is 5.60 Å². The lowest BCUT2D eigenvalue weighted by Crippen LogP contribution is -2.54. The van der Waals surface area contributed by atoms with E-state index in [9.17, 15) is 14.7 Å². The van der Waals surface area contributed by atoms with Crippen molar-refractivity contribution in [3.05, 3.63) is 33.0 Å². The van der Waals surface area contributed by atoms with Crippen LogP contribution in [0.4, 0.5) is 0 Å². The van der Waals surface area contributed by atoms with Crippen molar-refractivity contribution in [1.82, 2.24) is 15.1 Å².